The van der Waals surface area contributed by atoms with Crippen LogP contribution in [0.2, 0.25) is 10.0 Å². The Kier molecular flexibility index (Phi) is 12.1. The maximum Gasteiger partial charge on any atom is 0.243 e. The molecular formula is C34H41Cl2N3O4S. The summed E-state index contributed by atoms with van der Waals surface area (Å²) in [4.78, 5) is 29.7. The smallest absolute Gasteiger partial charge is 0.243 e. The number of anilines is 1. The Morgan fingerprint density at radius 1 is 0.909 bits per heavy atom. The minimum absolute atomic E-state index is 0.0398. The number of nitrogens with zero attached hydrogens (tertiary/aromatic N) is 2. The van der Waals surface area contributed by atoms with Crippen molar-refractivity contribution in [3.8, 4) is 0 Å². The minimum Gasteiger partial charge on any atom is -0.352 e. The number of carbonyl (C=O) groups excluding carboxylic acids is 2. The van der Waals surface area contributed by atoms with E-state index in [1.165, 1.54) is 4.31 Å². The van der Waals surface area contributed by atoms with Crippen LogP contribution >= 0.6 is 23.2 Å². The summed E-state index contributed by atoms with van der Waals surface area (Å²) in [6.07, 6.45) is 6.92. The highest BCUT2D eigenvalue weighted by Crippen LogP contribution is 2.29. The Hall–Kier alpha value is -3.07. The number of hydrogen-bond acceptors (Lipinski definition) is 4. The molecule has 236 valence electrons. The van der Waals surface area contributed by atoms with E-state index >= 15 is 0 Å². The van der Waals surface area contributed by atoms with Crippen LogP contribution in [0.4, 0.5) is 5.69 Å². The lowest BCUT2D eigenvalue weighted by Gasteiger charge is -2.34. The van der Waals surface area contributed by atoms with Crippen LogP contribution in [0, 0.1) is 6.92 Å². The average molecular weight is 659 g/mol. The van der Waals surface area contributed by atoms with Gasteiger partial charge in [0.2, 0.25) is 21.8 Å². The second-order valence-electron chi connectivity index (χ2n) is 11.5. The van der Waals surface area contributed by atoms with Crippen LogP contribution in [0.1, 0.15) is 61.6 Å². The van der Waals surface area contributed by atoms with Crippen molar-refractivity contribution in [1.82, 2.24) is 10.2 Å². The molecule has 0 radical (unpaired) electrons. The fourth-order valence-electron chi connectivity index (χ4n) is 5.76. The highest BCUT2D eigenvalue weighted by Gasteiger charge is 2.32. The normalized spacial score (nSPS) is 14.5. The Bertz CT molecular complexity index is 1530. The fraction of sp³-hybridized carbons (Fsp3) is 0.412. The van der Waals surface area contributed by atoms with E-state index in [0.29, 0.717) is 27.7 Å². The first-order chi connectivity index (χ1) is 21.0. The van der Waals surface area contributed by atoms with Gasteiger partial charge in [-0.25, -0.2) is 8.42 Å². The topological polar surface area (TPSA) is 86.8 Å². The molecule has 0 spiro atoms. The summed E-state index contributed by atoms with van der Waals surface area (Å²) < 4.78 is 26.9. The number of sulfonamides is 1. The first-order valence-electron chi connectivity index (χ1n) is 15.1. The van der Waals surface area contributed by atoms with Gasteiger partial charge in [0.1, 0.15) is 6.04 Å². The van der Waals surface area contributed by atoms with E-state index in [4.69, 9.17) is 23.2 Å². The van der Waals surface area contributed by atoms with Gasteiger partial charge in [-0.15, -0.1) is 0 Å². The maximum atomic E-state index is 14.1. The van der Waals surface area contributed by atoms with Crippen molar-refractivity contribution in [2.24, 2.45) is 0 Å². The Balaban J connectivity index is 1.61. The summed E-state index contributed by atoms with van der Waals surface area (Å²) in [5.41, 5.74) is 2.80. The van der Waals surface area contributed by atoms with E-state index in [1.54, 1.807) is 36.1 Å². The maximum absolute atomic E-state index is 14.1. The Morgan fingerprint density at radius 2 is 1.57 bits per heavy atom. The molecule has 1 N–H and O–H groups in total. The van der Waals surface area contributed by atoms with Gasteiger partial charge < -0.3 is 10.2 Å². The summed E-state index contributed by atoms with van der Waals surface area (Å²) in [7, 11) is -3.65. The van der Waals surface area contributed by atoms with Crippen LogP contribution in [0.3, 0.4) is 0 Å². The predicted molar refractivity (Wildman–Crippen MR) is 179 cm³/mol. The zero-order valence-corrected chi connectivity index (χ0v) is 27.7. The second kappa shape index (κ2) is 15.8. The second-order valence-corrected chi connectivity index (χ2v) is 14.2. The number of hydrogen-bond donors (Lipinski definition) is 1. The lowest BCUT2D eigenvalue weighted by atomic mass is 9.94. The molecular weight excluding hydrogens is 617 g/mol. The Labute approximate surface area is 271 Å². The number of carbonyl (C=O) groups is 2. The van der Waals surface area contributed by atoms with Crippen molar-refractivity contribution in [3.05, 3.63) is 99.5 Å². The molecule has 7 nitrogen and oxygen atoms in total. The zero-order valence-electron chi connectivity index (χ0n) is 25.3. The molecule has 0 unspecified atom stereocenters. The van der Waals surface area contributed by atoms with Crippen LogP contribution in [0.5, 0.6) is 0 Å². The molecule has 1 aliphatic rings. The quantitative estimate of drug-likeness (QED) is 0.216. The van der Waals surface area contributed by atoms with Crippen LogP contribution in [0.15, 0.2) is 72.8 Å². The van der Waals surface area contributed by atoms with Gasteiger partial charge in [-0.05, 0) is 61.1 Å². The molecule has 3 aromatic rings. The van der Waals surface area contributed by atoms with Gasteiger partial charge in [-0.3, -0.25) is 13.9 Å². The summed E-state index contributed by atoms with van der Waals surface area (Å²) in [5, 5.41) is 4.21. The molecule has 4 rings (SSSR count). The Morgan fingerprint density at radius 3 is 2.25 bits per heavy atom. The van der Waals surface area contributed by atoms with E-state index in [0.717, 1.165) is 49.5 Å². The first kappa shape index (κ1) is 33.8. The third kappa shape index (κ3) is 9.22. The van der Waals surface area contributed by atoms with Crippen molar-refractivity contribution >= 4 is 50.7 Å². The number of halogens is 2. The zero-order chi connectivity index (χ0) is 31.7. The summed E-state index contributed by atoms with van der Waals surface area (Å²) >= 11 is 12.8. The van der Waals surface area contributed by atoms with Gasteiger partial charge in [0.05, 0.1) is 11.9 Å². The molecule has 0 aromatic heterocycles. The highest BCUT2D eigenvalue weighted by atomic mass is 35.5. The van der Waals surface area contributed by atoms with Crippen LogP contribution in [-0.2, 0) is 32.6 Å². The van der Waals surface area contributed by atoms with Gasteiger partial charge >= 0.3 is 0 Å². The van der Waals surface area contributed by atoms with Gasteiger partial charge in [-0.2, -0.15) is 0 Å². The van der Waals surface area contributed by atoms with E-state index in [2.05, 4.69) is 5.32 Å². The number of rotatable bonds is 13. The highest BCUT2D eigenvalue weighted by molar-refractivity contribution is 7.92. The van der Waals surface area contributed by atoms with Crippen molar-refractivity contribution in [3.63, 3.8) is 0 Å². The average Bonchev–Trinajstić information content (AvgIpc) is 3.00. The van der Waals surface area contributed by atoms with Gasteiger partial charge in [0, 0.05) is 42.0 Å². The van der Waals surface area contributed by atoms with Crippen LogP contribution < -0.4 is 9.62 Å². The fourth-order valence-corrected chi connectivity index (χ4v) is 7.14. The molecule has 1 aliphatic carbocycles. The molecule has 44 heavy (non-hydrogen) atoms. The van der Waals surface area contributed by atoms with Crippen molar-refractivity contribution < 1.29 is 18.0 Å². The van der Waals surface area contributed by atoms with E-state index < -0.39 is 16.1 Å². The lowest BCUT2D eigenvalue weighted by Crippen LogP contribution is -2.53. The molecule has 1 saturated carbocycles. The molecule has 0 heterocycles. The molecule has 0 aliphatic heterocycles. The largest absolute Gasteiger partial charge is 0.352 e. The van der Waals surface area contributed by atoms with Crippen molar-refractivity contribution in [2.45, 2.75) is 76.9 Å². The number of benzene rings is 3. The van der Waals surface area contributed by atoms with Crippen LogP contribution in [-0.4, -0.2) is 50.0 Å². The summed E-state index contributed by atoms with van der Waals surface area (Å²) in [6, 6.07) is 21.4. The van der Waals surface area contributed by atoms with Gasteiger partial charge in [0.25, 0.3) is 0 Å². The lowest BCUT2D eigenvalue weighted by molar-refractivity contribution is -0.141. The van der Waals surface area contributed by atoms with E-state index in [1.807, 2.05) is 48.5 Å². The molecule has 1 atom stereocenters. The standard InChI is InChI=1S/C34H41Cl2N3O4S/c1-25-29(35)19-11-20-31(25)39(44(2,42)43)22-12-21-33(40)38(24-27-15-9-10-18-30(27)36)32(23-26-13-5-3-6-14-26)34(41)37-28-16-7-4-8-17-28/h3,5-6,9-11,13-15,18-20,28,32H,4,7-8,12,16-17,21-24H2,1-2H3,(H,37,41)/t32-/m1/s1. The van der Waals surface area contributed by atoms with Crippen LogP contribution in [0.25, 0.3) is 0 Å². The first-order valence-corrected chi connectivity index (χ1v) is 17.7. The SMILES string of the molecule is Cc1c(Cl)cccc1N(CCCC(=O)N(Cc1ccccc1Cl)[C@H](Cc1ccccc1)C(=O)NC1CCCCC1)S(C)(=O)=O. The van der Waals surface area contributed by atoms with Gasteiger partial charge in [0.15, 0.2) is 0 Å². The van der Waals surface area contributed by atoms with Crippen molar-refractivity contribution in [1.29, 1.82) is 0 Å². The van der Waals surface area contributed by atoms with E-state index in [9.17, 15) is 18.0 Å². The molecule has 0 bridgehead atoms. The molecule has 1 fully saturated rings. The predicted octanol–water partition coefficient (Wildman–Crippen LogP) is 6.94. The number of amides is 2. The van der Waals surface area contributed by atoms with E-state index in [-0.39, 0.29) is 43.8 Å². The summed E-state index contributed by atoms with van der Waals surface area (Å²) in [5.74, 6) is -0.436. The third-order valence-corrected chi connectivity index (χ3v) is 10.1. The van der Waals surface area contributed by atoms with Crippen molar-refractivity contribution in [2.75, 3.05) is 17.1 Å². The van der Waals surface area contributed by atoms with Gasteiger partial charge in [-0.1, -0.05) is 97.1 Å². The monoisotopic (exact) mass is 657 g/mol. The molecule has 3 aromatic carbocycles. The number of nitrogens with one attached hydrogen (secondary N) is 1. The third-order valence-electron chi connectivity index (χ3n) is 8.18. The molecule has 10 heteroatoms. The minimum atomic E-state index is -3.65. The molecule has 0 saturated heterocycles. The summed E-state index contributed by atoms with van der Waals surface area (Å²) in [6.45, 7) is 2.01. The molecule has 2 amide bonds.